The highest BCUT2D eigenvalue weighted by Crippen LogP contribution is 2.41. The van der Waals surface area contributed by atoms with E-state index in [9.17, 15) is 26.7 Å². The van der Waals surface area contributed by atoms with E-state index in [0.717, 1.165) is 18.2 Å². The van der Waals surface area contributed by atoms with Gasteiger partial charge in [0.1, 0.15) is 17.2 Å². The van der Waals surface area contributed by atoms with E-state index >= 15 is 0 Å². The van der Waals surface area contributed by atoms with E-state index in [-0.39, 0.29) is 50.8 Å². The maximum atomic E-state index is 13.9. The number of carbonyl (C=O) groups excluding carboxylic acids is 1. The van der Waals surface area contributed by atoms with Gasteiger partial charge in [-0.25, -0.2) is 13.8 Å². The van der Waals surface area contributed by atoms with E-state index in [1.807, 2.05) is 0 Å². The molecule has 0 saturated carbocycles. The topological polar surface area (TPSA) is 55.1 Å². The van der Waals surface area contributed by atoms with E-state index in [4.69, 9.17) is 16.0 Å². The number of alkyl halides is 3. The van der Waals surface area contributed by atoms with Gasteiger partial charge in [-0.2, -0.15) is 13.2 Å². The van der Waals surface area contributed by atoms with Crippen LogP contribution in [0.5, 0.6) is 0 Å². The Labute approximate surface area is 181 Å². The molecule has 2 heterocycles. The average molecular weight is 465 g/mol. The molecule has 1 aliphatic rings. The number of halogens is 6. The van der Waals surface area contributed by atoms with Gasteiger partial charge < -0.3 is 9.73 Å². The zero-order valence-electron chi connectivity index (χ0n) is 15.8. The minimum Gasteiger partial charge on any atom is -0.435 e. The smallest absolute Gasteiger partial charge is 0.416 e. The number of nitrogens with one attached hydrogen (secondary N) is 1. The lowest BCUT2D eigenvalue weighted by Crippen LogP contribution is -2.12. The molecule has 32 heavy (non-hydrogen) atoms. The first kappa shape index (κ1) is 20.4. The van der Waals surface area contributed by atoms with Gasteiger partial charge >= 0.3 is 6.18 Å². The van der Waals surface area contributed by atoms with Gasteiger partial charge in [0.2, 0.25) is 5.89 Å². The molecular formula is C22H10ClF5N2O2. The molecule has 1 N–H and O–H groups in total. The molecular weight excluding hydrogens is 455 g/mol. The molecule has 0 unspecified atom stereocenters. The maximum absolute atomic E-state index is 13.9. The molecule has 0 bridgehead atoms. The van der Waals surface area contributed by atoms with Crippen molar-refractivity contribution in [3.63, 3.8) is 0 Å². The first-order valence-electron chi connectivity index (χ1n) is 9.20. The fourth-order valence-corrected chi connectivity index (χ4v) is 3.90. The van der Waals surface area contributed by atoms with Gasteiger partial charge in [0.05, 0.1) is 5.56 Å². The number of amides is 1. The first-order chi connectivity index (χ1) is 15.1. The maximum Gasteiger partial charge on any atom is 0.416 e. The van der Waals surface area contributed by atoms with Gasteiger partial charge in [0.15, 0.2) is 5.58 Å². The second-order valence-corrected chi connectivity index (χ2v) is 7.59. The fraction of sp³-hybridized carbons (Fsp3) is 0.0909. The first-order valence-corrected chi connectivity index (χ1v) is 9.58. The summed E-state index contributed by atoms with van der Waals surface area (Å²) in [5.41, 5.74) is -0.0270. The van der Waals surface area contributed by atoms with Crippen molar-refractivity contribution in [2.75, 3.05) is 0 Å². The lowest BCUT2D eigenvalue weighted by molar-refractivity contribution is -0.137. The van der Waals surface area contributed by atoms with E-state index in [2.05, 4.69) is 10.3 Å². The summed E-state index contributed by atoms with van der Waals surface area (Å²) in [7, 11) is 0. The van der Waals surface area contributed by atoms with Crippen molar-refractivity contribution >= 4 is 28.6 Å². The number of aromatic nitrogens is 1. The van der Waals surface area contributed by atoms with E-state index in [0.29, 0.717) is 17.7 Å². The largest absolute Gasteiger partial charge is 0.435 e. The Bertz CT molecular complexity index is 1430. The highest BCUT2D eigenvalue weighted by molar-refractivity contribution is 6.33. The molecule has 0 aliphatic carbocycles. The van der Waals surface area contributed by atoms with E-state index in [1.165, 1.54) is 12.1 Å². The van der Waals surface area contributed by atoms with Crippen molar-refractivity contribution in [3.05, 3.63) is 75.8 Å². The summed E-state index contributed by atoms with van der Waals surface area (Å²) < 4.78 is 73.0. The number of fused-ring (bicyclic) bond motifs is 3. The summed E-state index contributed by atoms with van der Waals surface area (Å²) in [4.78, 5) is 16.5. The molecule has 0 fully saturated rings. The van der Waals surface area contributed by atoms with Gasteiger partial charge in [0, 0.05) is 39.4 Å². The number of carbonyl (C=O) groups is 1. The highest BCUT2D eigenvalue weighted by atomic mass is 35.5. The molecule has 1 aliphatic heterocycles. The molecule has 1 aromatic heterocycles. The molecule has 1 amide bonds. The second kappa shape index (κ2) is 7.03. The van der Waals surface area contributed by atoms with E-state index < -0.39 is 29.3 Å². The molecule has 0 saturated heterocycles. The third kappa shape index (κ3) is 3.29. The number of benzene rings is 3. The SMILES string of the molecule is O=C1NCc2c1cc(-c1cc(F)ccc1Cl)c1oc(-c3cc(F)cc(C(F)(F)F)c3)nc21. The van der Waals surface area contributed by atoms with Crippen LogP contribution in [0, 0.1) is 11.6 Å². The van der Waals surface area contributed by atoms with Gasteiger partial charge in [0.25, 0.3) is 5.91 Å². The number of oxazole rings is 1. The summed E-state index contributed by atoms with van der Waals surface area (Å²) in [6.45, 7) is 0.116. The normalized spacial score (nSPS) is 13.5. The summed E-state index contributed by atoms with van der Waals surface area (Å²) in [6, 6.07) is 7.02. The summed E-state index contributed by atoms with van der Waals surface area (Å²) in [5.74, 6) is -2.40. The molecule has 0 spiro atoms. The van der Waals surface area contributed by atoms with Crippen LogP contribution >= 0.6 is 11.6 Å². The molecule has 0 radical (unpaired) electrons. The lowest BCUT2D eigenvalue weighted by Gasteiger charge is -2.08. The summed E-state index contributed by atoms with van der Waals surface area (Å²) >= 11 is 6.23. The van der Waals surface area contributed by atoms with Crippen LogP contribution in [0.15, 0.2) is 46.9 Å². The molecule has 10 heteroatoms. The number of hydrogen-bond donors (Lipinski definition) is 1. The Morgan fingerprint density at radius 1 is 0.969 bits per heavy atom. The Morgan fingerprint density at radius 3 is 2.50 bits per heavy atom. The molecule has 3 aromatic carbocycles. The van der Waals surface area contributed by atoms with Crippen LogP contribution in [0.4, 0.5) is 22.0 Å². The van der Waals surface area contributed by atoms with Crippen molar-refractivity contribution in [2.45, 2.75) is 12.7 Å². The van der Waals surface area contributed by atoms with Gasteiger partial charge in [-0.05, 0) is 42.5 Å². The standard InChI is InChI=1S/C22H10ClF5N2O2/c23-17-2-1-11(24)6-13(17)14-7-15-16(8-29-20(15)31)18-19(14)32-21(30-18)9-3-10(22(26,27)28)5-12(25)4-9/h1-7H,8H2,(H,29,31). The number of nitrogens with zero attached hydrogens (tertiary/aromatic N) is 1. The Hall–Kier alpha value is -3.46. The number of hydrogen-bond acceptors (Lipinski definition) is 3. The van der Waals surface area contributed by atoms with Crippen LogP contribution in [0.3, 0.4) is 0 Å². The minimum absolute atomic E-state index is 0.0839. The zero-order chi connectivity index (χ0) is 22.8. The second-order valence-electron chi connectivity index (χ2n) is 7.18. The van der Waals surface area contributed by atoms with Crippen LogP contribution in [0.25, 0.3) is 33.7 Å². The predicted molar refractivity (Wildman–Crippen MR) is 106 cm³/mol. The zero-order valence-corrected chi connectivity index (χ0v) is 16.5. The molecule has 0 atom stereocenters. The van der Waals surface area contributed by atoms with Crippen LogP contribution in [0.2, 0.25) is 5.02 Å². The van der Waals surface area contributed by atoms with Crippen molar-refractivity contribution in [2.24, 2.45) is 0 Å². The molecule has 162 valence electrons. The average Bonchev–Trinajstić information content (AvgIpc) is 3.32. The Balaban J connectivity index is 1.80. The third-order valence-corrected chi connectivity index (χ3v) is 5.46. The van der Waals surface area contributed by atoms with Crippen LogP contribution in [0.1, 0.15) is 21.5 Å². The van der Waals surface area contributed by atoms with Gasteiger partial charge in [-0.1, -0.05) is 11.6 Å². The highest BCUT2D eigenvalue weighted by Gasteiger charge is 2.33. The summed E-state index contributed by atoms with van der Waals surface area (Å²) in [5, 5.41) is 2.79. The summed E-state index contributed by atoms with van der Waals surface area (Å²) in [6.07, 6.45) is -4.78. The van der Waals surface area contributed by atoms with Crippen molar-refractivity contribution < 1.29 is 31.2 Å². The van der Waals surface area contributed by atoms with Gasteiger partial charge in [-0.3, -0.25) is 4.79 Å². The monoisotopic (exact) mass is 464 g/mol. The lowest BCUT2D eigenvalue weighted by atomic mass is 9.98. The van der Waals surface area contributed by atoms with Crippen molar-refractivity contribution in [1.29, 1.82) is 0 Å². The molecule has 5 rings (SSSR count). The Kier molecular flexibility index (Phi) is 4.49. The third-order valence-electron chi connectivity index (χ3n) is 5.13. The number of rotatable bonds is 2. The fourth-order valence-electron chi connectivity index (χ4n) is 3.68. The minimum atomic E-state index is -4.78. The Morgan fingerprint density at radius 2 is 1.75 bits per heavy atom. The molecule has 4 nitrogen and oxygen atoms in total. The van der Waals surface area contributed by atoms with Crippen LogP contribution in [-0.4, -0.2) is 10.9 Å². The van der Waals surface area contributed by atoms with Crippen molar-refractivity contribution in [1.82, 2.24) is 10.3 Å². The van der Waals surface area contributed by atoms with Crippen LogP contribution < -0.4 is 5.32 Å². The quantitative estimate of drug-likeness (QED) is 0.351. The predicted octanol–water partition coefficient (Wildman–Crippen LogP) is 6.36. The van der Waals surface area contributed by atoms with E-state index in [1.54, 1.807) is 0 Å². The van der Waals surface area contributed by atoms with Crippen LogP contribution in [-0.2, 0) is 12.7 Å². The van der Waals surface area contributed by atoms with Crippen molar-refractivity contribution in [3.8, 4) is 22.6 Å². The van der Waals surface area contributed by atoms with Gasteiger partial charge in [-0.15, -0.1) is 0 Å². The molecule has 4 aromatic rings.